The van der Waals surface area contributed by atoms with E-state index in [4.69, 9.17) is 0 Å². The molecule has 0 N–H and O–H groups in total. The minimum absolute atomic E-state index is 0.334. The summed E-state index contributed by atoms with van der Waals surface area (Å²) in [5, 5.41) is 0. The van der Waals surface area contributed by atoms with Crippen LogP contribution in [0.2, 0.25) is 0 Å². The third-order valence-electron chi connectivity index (χ3n) is 1.07. The quantitative estimate of drug-likeness (QED) is 0.808. The normalized spacial score (nSPS) is 10.3. The number of hydrogen-bond acceptors (Lipinski definition) is 1. The van der Waals surface area contributed by atoms with Crippen LogP contribution in [0.5, 0.6) is 0 Å². The maximum absolute atomic E-state index is 11.8. The van der Waals surface area contributed by atoms with E-state index in [0.717, 1.165) is 4.60 Å². The Hall–Kier alpha value is 0.1000. The minimum Gasteiger partial charge on any atom is -0.311 e. The average molecular weight is 272 g/mol. The van der Waals surface area contributed by atoms with E-state index < -0.39 is 0 Å². The lowest BCUT2D eigenvalue weighted by molar-refractivity contribution is 0.439. The zero-order chi connectivity index (χ0) is 7.56. The smallest absolute Gasteiger partial charge is 0.178 e. The van der Waals surface area contributed by atoms with Crippen molar-refractivity contribution in [2.45, 2.75) is 6.54 Å². The molecule has 1 aromatic heterocycles. The lowest BCUT2D eigenvalue weighted by Gasteiger charge is -1.99. The highest BCUT2D eigenvalue weighted by Crippen LogP contribution is 2.16. The van der Waals surface area contributed by atoms with Crippen molar-refractivity contribution in [2.24, 2.45) is 0 Å². The summed E-state index contributed by atoms with van der Waals surface area (Å²) in [6.45, 7) is -0.0469. The van der Waals surface area contributed by atoms with E-state index in [2.05, 4.69) is 36.8 Å². The van der Waals surface area contributed by atoms with Gasteiger partial charge in [-0.2, -0.15) is 0 Å². The van der Waals surface area contributed by atoms with Crippen LogP contribution in [0.3, 0.4) is 0 Å². The van der Waals surface area contributed by atoms with Crippen LogP contribution in [-0.2, 0) is 6.54 Å². The zero-order valence-corrected chi connectivity index (χ0v) is 8.19. The van der Waals surface area contributed by atoms with Crippen molar-refractivity contribution in [3.05, 3.63) is 15.5 Å². The monoisotopic (exact) mass is 270 g/mol. The number of halogens is 3. The van der Waals surface area contributed by atoms with Gasteiger partial charge < -0.3 is 4.57 Å². The van der Waals surface area contributed by atoms with E-state index in [1.807, 2.05) is 0 Å². The molecule has 2 nitrogen and oxygen atoms in total. The van der Waals surface area contributed by atoms with Gasteiger partial charge in [-0.1, -0.05) is 0 Å². The average Bonchev–Trinajstić information content (AvgIpc) is 2.20. The van der Waals surface area contributed by atoms with E-state index >= 15 is 0 Å². The maximum atomic E-state index is 11.8. The van der Waals surface area contributed by atoms with Gasteiger partial charge in [-0.05, 0) is 31.9 Å². The van der Waals surface area contributed by atoms with E-state index in [1.165, 1.54) is 0 Å². The number of nitrogens with zero attached hydrogens (tertiary/aromatic N) is 2. The first-order valence-electron chi connectivity index (χ1n) is 2.68. The fourth-order valence-corrected chi connectivity index (χ4v) is 1.77. The van der Waals surface area contributed by atoms with Crippen molar-refractivity contribution in [3.63, 3.8) is 0 Å². The van der Waals surface area contributed by atoms with E-state index in [1.54, 1.807) is 10.8 Å². The molecule has 5 heteroatoms. The number of aromatic nitrogens is 2. The van der Waals surface area contributed by atoms with Gasteiger partial charge in [-0.3, -0.25) is 0 Å². The van der Waals surface area contributed by atoms with Gasteiger partial charge in [0, 0.05) is 0 Å². The topological polar surface area (TPSA) is 17.8 Å². The Morgan fingerprint density at radius 3 is 2.70 bits per heavy atom. The molecule has 10 heavy (non-hydrogen) atoms. The number of hydrogen-bond donors (Lipinski definition) is 0. The first-order valence-corrected chi connectivity index (χ1v) is 4.27. The molecule has 1 rings (SSSR count). The summed E-state index contributed by atoms with van der Waals surface area (Å²) in [6.07, 6.45) is 1.62. The SMILES string of the molecule is FCCn1c(Br)cnc1Br. The molecule has 1 heterocycles. The third-order valence-corrected chi connectivity index (χ3v) is 2.33. The van der Waals surface area contributed by atoms with Crippen molar-refractivity contribution < 1.29 is 4.39 Å². The van der Waals surface area contributed by atoms with Gasteiger partial charge in [0.25, 0.3) is 0 Å². The molecule has 1 aromatic rings. The van der Waals surface area contributed by atoms with Crippen LogP contribution in [-0.4, -0.2) is 16.2 Å². The van der Waals surface area contributed by atoms with Crippen molar-refractivity contribution in [1.29, 1.82) is 0 Å². The predicted molar refractivity (Wildman–Crippen MR) is 43.6 cm³/mol. The Morgan fingerprint density at radius 2 is 2.30 bits per heavy atom. The number of alkyl halides is 1. The van der Waals surface area contributed by atoms with Gasteiger partial charge in [0.05, 0.1) is 12.7 Å². The van der Waals surface area contributed by atoms with Gasteiger partial charge in [-0.25, -0.2) is 9.37 Å². The highest BCUT2D eigenvalue weighted by atomic mass is 79.9. The summed E-state index contributed by atoms with van der Waals surface area (Å²) in [4.78, 5) is 3.90. The Kier molecular flexibility index (Phi) is 2.85. The first-order chi connectivity index (χ1) is 4.75. The first kappa shape index (κ1) is 8.20. The standard InChI is InChI=1S/C5H5Br2FN2/c6-4-3-9-5(7)10(4)2-1-8/h3H,1-2H2. The van der Waals surface area contributed by atoms with E-state index in [-0.39, 0.29) is 6.67 Å². The second kappa shape index (κ2) is 3.48. The molecule has 0 amide bonds. The van der Waals surface area contributed by atoms with E-state index in [0.29, 0.717) is 11.3 Å². The molecule has 0 atom stereocenters. The molecule has 0 fully saturated rings. The summed E-state index contributed by atoms with van der Waals surface area (Å²) >= 11 is 6.40. The molecule has 0 aliphatic rings. The molecule has 0 aromatic carbocycles. The molecule has 0 radical (unpaired) electrons. The largest absolute Gasteiger partial charge is 0.311 e. The second-order valence-electron chi connectivity index (χ2n) is 1.69. The fraction of sp³-hybridized carbons (Fsp3) is 0.400. The summed E-state index contributed by atoms with van der Waals surface area (Å²) in [7, 11) is 0. The van der Waals surface area contributed by atoms with Crippen LogP contribution < -0.4 is 0 Å². The summed E-state index contributed by atoms with van der Waals surface area (Å²) in [5.41, 5.74) is 0. The highest BCUT2D eigenvalue weighted by Gasteiger charge is 2.02. The second-order valence-corrected chi connectivity index (χ2v) is 3.21. The molecule has 56 valence electrons. The molecule has 0 aliphatic carbocycles. The summed E-state index contributed by atoms with van der Waals surface area (Å²) in [6, 6.07) is 0. The van der Waals surface area contributed by atoms with Crippen LogP contribution in [0.1, 0.15) is 0 Å². The number of rotatable bonds is 2. The van der Waals surface area contributed by atoms with Gasteiger partial charge >= 0.3 is 0 Å². The fourth-order valence-electron chi connectivity index (χ4n) is 0.618. The Balaban J connectivity index is 2.87. The van der Waals surface area contributed by atoms with Gasteiger partial charge in [0.2, 0.25) is 0 Å². The summed E-state index contributed by atoms with van der Waals surface area (Å²) < 4.78 is 15.0. The van der Waals surface area contributed by atoms with Crippen LogP contribution in [0.15, 0.2) is 15.5 Å². The Labute approximate surface area is 74.7 Å². The molecule has 0 aliphatic heterocycles. The molecular formula is C5H5Br2FN2. The van der Waals surface area contributed by atoms with Gasteiger partial charge in [-0.15, -0.1) is 0 Å². The van der Waals surface area contributed by atoms with Crippen LogP contribution in [0, 0.1) is 0 Å². The lowest BCUT2D eigenvalue weighted by Crippen LogP contribution is -1.99. The van der Waals surface area contributed by atoms with Crippen molar-refractivity contribution in [2.75, 3.05) is 6.67 Å². The zero-order valence-electron chi connectivity index (χ0n) is 5.02. The molecular weight excluding hydrogens is 267 g/mol. The lowest BCUT2D eigenvalue weighted by atomic mass is 10.7. The predicted octanol–water partition coefficient (Wildman–Crippen LogP) is 2.38. The summed E-state index contributed by atoms with van der Waals surface area (Å²) in [5.74, 6) is 0. The van der Waals surface area contributed by atoms with Gasteiger partial charge in [0.1, 0.15) is 11.3 Å². The van der Waals surface area contributed by atoms with Crippen LogP contribution >= 0.6 is 31.9 Å². The van der Waals surface area contributed by atoms with Crippen LogP contribution in [0.25, 0.3) is 0 Å². The van der Waals surface area contributed by atoms with Crippen LogP contribution in [0.4, 0.5) is 4.39 Å². The Bertz CT molecular complexity index is 204. The maximum Gasteiger partial charge on any atom is 0.178 e. The van der Waals surface area contributed by atoms with Gasteiger partial charge in [0.15, 0.2) is 4.73 Å². The molecule has 0 saturated carbocycles. The molecule has 0 bridgehead atoms. The Morgan fingerprint density at radius 1 is 1.60 bits per heavy atom. The minimum atomic E-state index is -0.381. The highest BCUT2D eigenvalue weighted by molar-refractivity contribution is 9.11. The molecule has 0 saturated heterocycles. The van der Waals surface area contributed by atoms with Crippen molar-refractivity contribution in [3.8, 4) is 0 Å². The third kappa shape index (κ3) is 1.58. The van der Waals surface area contributed by atoms with E-state index in [9.17, 15) is 4.39 Å². The molecule has 0 unspecified atom stereocenters. The van der Waals surface area contributed by atoms with Crippen molar-refractivity contribution >= 4 is 31.9 Å². The molecule has 0 spiro atoms. The number of imidazole rings is 1. The van der Waals surface area contributed by atoms with Crippen molar-refractivity contribution in [1.82, 2.24) is 9.55 Å².